The molecule has 0 saturated heterocycles. The van der Waals surface area contributed by atoms with Gasteiger partial charge in [0.15, 0.2) is 0 Å². The lowest BCUT2D eigenvalue weighted by atomic mass is 9.81. The van der Waals surface area contributed by atoms with Crippen molar-refractivity contribution in [2.75, 3.05) is 11.9 Å². The molecule has 5 heteroatoms. The molecule has 1 aromatic rings. The normalized spacial score (nSPS) is 20.2. The average Bonchev–Trinajstić information content (AvgIpc) is 2.59. The van der Waals surface area contributed by atoms with Crippen LogP contribution < -0.4 is 10.6 Å². The summed E-state index contributed by atoms with van der Waals surface area (Å²) >= 11 is 0. The second-order valence-corrected chi connectivity index (χ2v) is 6.87. The first kappa shape index (κ1) is 18.0. The zero-order chi connectivity index (χ0) is 17.5. The first-order valence-corrected chi connectivity index (χ1v) is 8.58. The Hall–Kier alpha value is -2.35. The van der Waals surface area contributed by atoms with Gasteiger partial charge in [-0.1, -0.05) is 19.9 Å². The Bertz CT molecular complexity index is 626. The second kappa shape index (κ2) is 8.49. The topological polar surface area (TPSA) is 82.0 Å². The van der Waals surface area contributed by atoms with Gasteiger partial charge in [-0.05, 0) is 49.8 Å². The fourth-order valence-corrected chi connectivity index (χ4v) is 2.98. The molecule has 0 radical (unpaired) electrons. The van der Waals surface area contributed by atoms with Crippen molar-refractivity contribution in [1.82, 2.24) is 5.32 Å². The molecule has 5 nitrogen and oxygen atoms in total. The molecule has 0 heterocycles. The minimum absolute atomic E-state index is 0.0221. The van der Waals surface area contributed by atoms with E-state index in [2.05, 4.69) is 30.6 Å². The van der Waals surface area contributed by atoms with E-state index in [1.165, 1.54) is 0 Å². The standard InChI is InChI=1S/C19H25N3O2/c1-13(2)12-21-18(23)15-6-8-16(9-7-15)19(24)22-17-5-3-4-14(10-17)11-20/h3-5,10,13,15-16H,6-9,12H2,1-2H3,(H,21,23)(H,22,24). The fourth-order valence-electron chi connectivity index (χ4n) is 2.98. The third kappa shape index (κ3) is 5.09. The minimum Gasteiger partial charge on any atom is -0.356 e. The Balaban J connectivity index is 1.82. The highest BCUT2D eigenvalue weighted by Gasteiger charge is 2.29. The van der Waals surface area contributed by atoms with Crippen molar-refractivity contribution < 1.29 is 9.59 Å². The zero-order valence-electron chi connectivity index (χ0n) is 14.3. The Morgan fingerprint density at radius 1 is 1.17 bits per heavy atom. The van der Waals surface area contributed by atoms with Crippen LogP contribution in [0.15, 0.2) is 24.3 Å². The van der Waals surface area contributed by atoms with Crippen molar-refractivity contribution in [3.63, 3.8) is 0 Å². The fraction of sp³-hybridized carbons (Fsp3) is 0.526. The van der Waals surface area contributed by atoms with Crippen LogP contribution in [0.2, 0.25) is 0 Å². The molecule has 2 rings (SSSR count). The summed E-state index contributed by atoms with van der Waals surface area (Å²) in [6.45, 7) is 4.85. The van der Waals surface area contributed by atoms with Crippen LogP contribution in [-0.2, 0) is 9.59 Å². The van der Waals surface area contributed by atoms with Gasteiger partial charge >= 0.3 is 0 Å². The molecule has 128 valence electrons. The number of nitriles is 1. The highest BCUT2D eigenvalue weighted by molar-refractivity contribution is 5.93. The van der Waals surface area contributed by atoms with Crippen molar-refractivity contribution in [1.29, 1.82) is 5.26 Å². The molecule has 0 atom stereocenters. The maximum atomic E-state index is 12.4. The van der Waals surface area contributed by atoms with Gasteiger partial charge in [0, 0.05) is 24.1 Å². The lowest BCUT2D eigenvalue weighted by molar-refractivity contribution is -0.128. The van der Waals surface area contributed by atoms with Crippen molar-refractivity contribution >= 4 is 17.5 Å². The third-order valence-corrected chi connectivity index (χ3v) is 4.41. The maximum Gasteiger partial charge on any atom is 0.227 e. The maximum absolute atomic E-state index is 12.4. The summed E-state index contributed by atoms with van der Waals surface area (Å²) in [5, 5.41) is 14.8. The van der Waals surface area contributed by atoms with E-state index in [0.717, 1.165) is 25.7 Å². The van der Waals surface area contributed by atoms with E-state index in [1.807, 2.05) is 0 Å². The second-order valence-electron chi connectivity index (χ2n) is 6.87. The largest absolute Gasteiger partial charge is 0.356 e. The number of carbonyl (C=O) groups excluding carboxylic acids is 2. The van der Waals surface area contributed by atoms with E-state index < -0.39 is 0 Å². The predicted molar refractivity (Wildman–Crippen MR) is 93.1 cm³/mol. The quantitative estimate of drug-likeness (QED) is 0.872. The van der Waals surface area contributed by atoms with Crippen LogP contribution in [0.3, 0.4) is 0 Å². The first-order chi connectivity index (χ1) is 11.5. The lowest BCUT2D eigenvalue weighted by Crippen LogP contribution is -2.37. The number of hydrogen-bond acceptors (Lipinski definition) is 3. The van der Waals surface area contributed by atoms with Gasteiger partial charge in [0.25, 0.3) is 0 Å². The first-order valence-electron chi connectivity index (χ1n) is 8.58. The van der Waals surface area contributed by atoms with Gasteiger partial charge in [-0.25, -0.2) is 0 Å². The molecule has 2 N–H and O–H groups in total. The number of nitrogens with zero attached hydrogens (tertiary/aromatic N) is 1. The third-order valence-electron chi connectivity index (χ3n) is 4.41. The summed E-state index contributed by atoms with van der Waals surface area (Å²) < 4.78 is 0. The Morgan fingerprint density at radius 2 is 1.79 bits per heavy atom. The summed E-state index contributed by atoms with van der Waals surface area (Å²) in [6.07, 6.45) is 2.95. The van der Waals surface area contributed by atoms with Crippen LogP contribution in [0.4, 0.5) is 5.69 Å². The molecule has 0 bridgehead atoms. The molecule has 24 heavy (non-hydrogen) atoms. The molecule has 1 aromatic carbocycles. The monoisotopic (exact) mass is 327 g/mol. The summed E-state index contributed by atoms with van der Waals surface area (Å²) in [5.41, 5.74) is 1.18. The van der Waals surface area contributed by atoms with Crippen molar-refractivity contribution in [3.05, 3.63) is 29.8 Å². The van der Waals surface area contributed by atoms with Gasteiger partial charge < -0.3 is 10.6 Å². The van der Waals surface area contributed by atoms with Gasteiger partial charge in [0.1, 0.15) is 0 Å². The number of carbonyl (C=O) groups is 2. The molecule has 0 spiro atoms. The molecule has 0 aromatic heterocycles. The van der Waals surface area contributed by atoms with Crippen LogP contribution in [-0.4, -0.2) is 18.4 Å². The molecule has 1 fully saturated rings. The van der Waals surface area contributed by atoms with Gasteiger partial charge in [-0.2, -0.15) is 5.26 Å². The zero-order valence-corrected chi connectivity index (χ0v) is 14.3. The SMILES string of the molecule is CC(C)CNC(=O)C1CCC(C(=O)Nc2cccc(C#N)c2)CC1. The molecular weight excluding hydrogens is 302 g/mol. The highest BCUT2D eigenvalue weighted by atomic mass is 16.2. The van der Waals surface area contributed by atoms with E-state index in [4.69, 9.17) is 5.26 Å². The molecule has 1 aliphatic carbocycles. The van der Waals surface area contributed by atoms with Gasteiger partial charge in [-0.15, -0.1) is 0 Å². The molecule has 1 saturated carbocycles. The Kier molecular flexibility index (Phi) is 6.36. The summed E-state index contributed by atoms with van der Waals surface area (Å²) in [6, 6.07) is 8.97. The van der Waals surface area contributed by atoms with Crippen LogP contribution >= 0.6 is 0 Å². The Morgan fingerprint density at radius 3 is 2.38 bits per heavy atom. The lowest BCUT2D eigenvalue weighted by Gasteiger charge is -2.27. The summed E-state index contributed by atoms with van der Waals surface area (Å²) in [4.78, 5) is 24.5. The molecule has 0 aliphatic heterocycles. The van der Waals surface area contributed by atoms with Crippen LogP contribution in [0, 0.1) is 29.1 Å². The van der Waals surface area contributed by atoms with Crippen molar-refractivity contribution in [3.8, 4) is 6.07 Å². The van der Waals surface area contributed by atoms with Gasteiger partial charge in [0.05, 0.1) is 11.6 Å². The smallest absolute Gasteiger partial charge is 0.227 e. The van der Waals surface area contributed by atoms with E-state index in [0.29, 0.717) is 23.7 Å². The van der Waals surface area contributed by atoms with E-state index in [9.17, 15) is 9.59 Å². The number of anilines is 1. The van der Waals surface area contributed by atoms with Crippen LogP contribution in [0.25, 0.3) is 0 Å². The number of nitrogens with one attached hydrogen (secondary N) is 2. The number of amides is 2. The molecule has 0 unspecified atom stereocenters. The number of rotatable bonds is 5. The van der Waals surface area contributed by atoms with E-state index >= 15 is 0 Å². The van der Waals surface area contributed by atoms with Crippen molar-refractivity contribution in [2.45, 2.75) is 39.5 Å². The molecule has 1 aliphatic rings. The summed E-state index contributed by atoms with van der Waals surface area (Å²) in [5.74, 6) is 0.496. The van der Waals surface area contributed by atoms with Crippen molar-refractivity contribution in [2.24, 2.45) is 17.8 Å². The Labute approximate surface area is 143 Å². The van der Waals surface area contributed by atoms with E-state index in [-0.39, 0.29) is 23.7 Å². The number of benzene rings is 1. The summed E-state index contributed by atoms with van der Waals surface area (Å²) in [7, 11) is 0. The molecular formula is C19H25N3O2. The van der Waals surface area contributed by atoms with Crippen LogP contribution in [0.5, 0.6) is 0 Å². The number of hydrogen-bond donors (Lipinski definition) is 2. The minimum atomic E-state index is -0.0649. The highest BCUT2D eigenvalue weighted by Crippen LogP contribution is 2.30. The van der Waals surface area contributed by atoms with Gasteiger partial charge in [0.2, 0.25) is 11.8 Å². The average molecular weight is 327 g/mol. The van der Waals surface area contributed by atoms with E-state index in [1.54, 1.807) is 24.3 Å². The van der Waals surface area contributed by atoms with Gasteiger partial charge in [-0.3, -0.25) is 9.59 Å². The molecule has 2 amide bonds. The predicted octanol–water partition coefficient (Wildman–Crippen LogP) is 3.08. The van der Waals surface area contributed by atoms with Crippen LogP contribution in [0.1, 0.15) is 45.1 Å².